The number of piperidine rings is 1. The lowest BCUT2D eigenvalue weighted by molar-refractivity contribution is -0.117. The van der Waals surface area contributed by atoms with Crippen molar-refractivity contribution in [2.75, 3.05) is 33.2 Å². The molecule has 0 aromatic rings. The van der Waals surface area contributed by atoms with Gasteiger partial charge in [-0.1, -0.05) is 6.92 Å². The maximum absolute atomic E-state index is 10.9. The van der Waals surface area contributed by atoms with Crippen molar-refractivity contribution in [1.82, 2.24) is 9.80 Å². The van der Waals surface area contributed by atoms with Gasteiger partial charge in [0.1, 0.15) is 5.78 Å². The summed E-state index contributed by atoms with van der Waals surface area (Å²) >= 11 is 0. The zero-order valence-corrected chi connectivity index (χ0v) is 11.0. The highest BCUT2D eigenvalue weighted by Gasteiger charge is 2.20. The summed E-state index contributed by atoms with van der Waals surface area (Å²) in [7, 11) is 2.20. The Bertz CT molecular complexity index is 210. The normalized spacial score (nSPS) is 19.2. The molecule has 0 aromatic carbocycles. The molecule has 0 atom stereocenters. The average molecular weight is 226 g/mol. The van der Waals surface area contributed by atoms with Gasteiger partial charge >= 0.3 is 0 Å². The van der Waals surface area contributed by atoms with Gasteiger partial charge in [0.15, 0.2) is 0 Å². The number of carbonyl (C=O) groups is 1. The third kappa shape index (κ3) is 4.62. The number of nitrogens with zero attached hydrogens (tertiary/aromatic N) is 2. The van der Waals surface area contributed by atoms with Gasteiger partial charge < -0.3 is 14.6 Å². The average Bonchev–Trinajstić information content (AvgIpc) is 2.28. The smallest absolute Gasteiger partial charge is 0.129 e. The van der Waals surface area contributed by atoms with Gasteiger partial charge in [0.05, 0.1) is 0 Å². The van der Waals surface area contributed by atoms with E-state index in [4.69, 9.17) is 0 Å². The molecule has 0 unspecified atom stereocenters. The van der Waals surface area contributed by atoms with Crippen LogP contribution in [0.15, 0.2) is 0 Å². The van der Waals surface area contributed by atoms with Crippen LogP contribution in [-0.4, -0.2) is 54.9 Å². The first kappa shape index (κ1) is 13.7. The maximum atomic E-state index is 10.9. The van der Waals surface area contributed by atoms with Gasteiger partial charge in [0.2, 0.25) is 0 Å². The lowest BCUT2D eigenvalue weighted by Gasteiger charge is -2.36. The molecule has 94 valence electrons. The highest BCUT2D eigenvalue weighted by Crippen LogP contribution is 2.15. The minimum absolute atomic E-state index is 0.314. The maximum Gasteiger partial charge on any atom is 0.129 e. The van der Waals surface area contributed by atoms with E-state index in [1.807, 2.05) is 0 Å². The van der Waals surface area contributed by atoms with E-state index in [0.717, 1.165) is 25.4 Å². The van der Waals surface area contributed by atoms with Crippen LogP contribution in [0.2, 0.25) is 0 Å². The van der Waals surface area contributed by atoms with Crippen molar-refractivity contribution in [3.05, 3.63) is 0 Å². The number of Topliss-reactive ketones (excluding diaryl/α,β-unsaturated/α-hetero) is 1. The van der Waals surface area contributed by atoms with Gasteiger partial charge in [-0.3, -0.25) is 0 Å². The Labute approximate surface area is 99.8 Å². The molecule has 16 heavy (non-hydrogen) atoms. The quantitative estimate of drug-likeness (QED) is 0.689. The van der Waals surface area contributed by atoms with Crippen molar-refractivity contribution in [2.45, 2.75) is 45.6 Å². The van der Waals surface area contributed by atoms with Crippen molar-refractivity contribution >= 4 is 5.78 Å². The second kappa shape index (κ2) is 7.02. The molecule has 1 rings (SSSR count). The summed E-state index contributed by atoms with van der Waals surface area (Å²) in [5.74, 6) is 0.314. The molecule has 1 aliphatic rings. The monoisotopic (exact) mass is 226 g/mol. The van der Waals surface area contributed by atoms with Crippen LogP contribution in [0.4, 0.5) is 0 Å². The molecule has 1 saturated heterocycles. The van der Waals surface area contributed by atoms with E-state index in [-0.39, 0.29) is 0 Å². The minimum atomic E-state index is 0.314. The second-order valence-electron chi connectivity index (χ2n) is 4.95. The molecule has 0 aromatic heterocycles. The molecule has 1 heterocycles. The van der Waals surface area contributed by atoms with Gasteiger partial charge in [-0.15, -0.1) is 0 Å². The summed E-state index contributed by atoms with van der Waals surface area (Å²) in [6.07, 6.45) is 4.31. The highest BCUT2D eigenvalue weighted by atomic mass is 16.1. The molecule has 0 radical (unpaired) electrons. The summed E-state index contributed by atoms with van der Waals surface area (Å²) in [5.41, 5.74) is 0. The van der Waals surface area contributed by atoms with E-state index >= 15 is 0 Å². The summed E-state index contributed by atoms with van der Waals surface area (Å²) in [6.45, 7) is 8.63. The first-order chi connectivity index (χ1) is 7.63. The third-order valence-electron chi connectivity index (χ3n) is 3.67. The van der Waals surface area contributed by atoms with E-state index in [0.29, 0.717) is 5.78 Å². The summed E-state index contributed by atoms with van der Waals surface area (Å²) < 4.78 is 0. The molecule has 1 fully saturated rings. The Balaban J connectivity index is 2.17. The van der Waals surface area contributed by atoms with Crippen LogP contribution in [-0.2, 0) is 4.79 Å². The van der Waals surface area contributed by atoms with Crippen LogP contribution in [0, 0.1) is 0 Å². The van der Waals surface area contributed by atoms with Gasteiger partial charge in [0.25, 0.3) is 0 Å². The van der Waals surface area contributed by atoms with Gasteiger partial charge in [-0.25, -0.2) is 0 Å². The van der Waals surface area contributed by atoms with Crippen LogP contribution in [0.5, 0.6) is 0 Å². The Hall–Kier alpha value is -0.410. The highest BCUT2D eigenvalue weighted by molar-refractivity contribution is 5.75. The molecule has 1 aliphatic heterocycles. The number of hydrogen-bond acceptors (Lipinski definition) is 3. The van der Waals surface area contributed by atoms with E-state index in [1.54, 1.807) is 6.92 Å². The van der Waals surface area contributed by atoms with Crippen LogP contribution in [0.25, 0.3) is 0 Å². The zero-order chi connectivity index (χ0) is 12.0. The number of hydrogen-bond donors (Lipinski definition) is 0. The fourth-order valence-corrected chi connectivity index (χ4v) is 2.44. The van der Waals surface area contributed by atoms with Crippen molar-refractivity contribution < 1.29 is 4.79 Å². The van der Waals surface area contributed by atoms with Crippen molar-refractivity contribution in [2.24, 2.45) is 0 Å². The Kier molecular flexibility index (Phi) is 5.99. The first-order valence-electron chi connectivity index (χ1n) is 6.55. The summed E-state index contributed by atoms with van der Waals surface area (Å²) in [6, 6.07) is 0.731. The summed E-state index contributed by atoms with van der Waals surface area (Å²) in [5, 5.41) is 0. The minimum Gasteiger partial charge on any atom is -0.303 e. The molecule has 3 heteroatoms. The Morgan fingerprint density at radius 1 is 1.38 bits per heavy atom. The SMILES string of the molecule is CCN1CCC(N(C)CCCC(C)=O)CC1. The topological polar surface area (TPSA) is 23.6 Å². The van der Waals surface area contributed by atoms with Crippen molar-refractivity contribution in [1.29, 1.82) is 0 Å². The lowest BCUT2D eigenvalue weighted by Crippen LogP contribution is -2.43. The molecule has 3 nitrogen and oxygen atoms in total. The van der Waals surface area contributed by atoms with Crippen LogP contribution in [0.3, 0.4) is 0 Å². The molecular formula is C13H26N2O. The Morgan fingerprint density at radius 2 is 2.00 bits per heavy atom. The van der Waals surface area contributed by atoms with Gasteiger partial charge in [0, 0.05) is 12.5 Å². The van der Waals surface area contributed by atoms with E-state index in [1.165, 1.54) is 32.5 Å². The van der Waals surface area contributed by atoms with E-state index in [2.05, 4.69) is 23.8 Å². The number of likely N-dealkylation sites (tertiary alicyclic amines) is 1. The van der Waals surface area contributed by atoms with Crippen molar-refractivity contribution in [3.63, 3.8) is 0 Å². The molecule has 0 bridgehead atoms. The molecule has 0 amide bonds. The number of ketones is 1. The summed E-state index contributed by atoms with van der Waals surface area (Å²) in [4.78, 5) is 15.8. The second-order valence-corrected chi connectivity index (χ2v) is 4.95. The standard InChI is InChI=1S/C13H26N2O/c1-4-15-10-7-13(8-11-15)14(3)9-5-6-12(2)16/h13H,4-11H2,1-3H3. The lowest BCUT2D eigenvalue weighted by atomic mass is 10.0. The third-order valence-corrected chi connectivity index (χ3v) is 3.67. The number of carbonyl (C=O) groups excluding carboxylic acids is 1. The van der Waals surface area contributed by atoms with E-state index < -0.39 is 0 Å². The molecule has 0 aliphatic carbocycles. The predicted octanol–water partition coefficient (Wildman–Crippen LogP) is 1.77. The molecule has 0 saturated carbocycles. The largest absolute Gasteiger partial charge is 0.303 e. The van der Waals surface area contributed by atoms with Gasteiger partial charge in [-0.05, 0) is 59.4 Å². The van der Waals surface area contributed by atoms with Gasteiger partial charge in [-0.2, -0.15) is 0 Å². The number of rotatable bonds is 6. The van der Waals surface area contributed by atoms with Crippen LogP contribution < -0.4 is 0 Å². The molecule has 0 N–H and O–H groups in total. The van der Waals surface area contributed by atoms with Crippen molar-refractivity contribution in [3.8, 4) is 0 Å². The first-order valence-corrected chi connectivity index (χ1v) is 6.55. The Morgan fingerprint density at radius 3 is 2.50 bits per heavy atom. The molecular weight excluding hydrogens is 200 g/mol. The van der Waals surface area contributed by atoms with Crippen LogP contribution in [0.1, 0.15) is 39.5 Å². The fraction of sp³-hybridized carbons (Fsp3) is 0.923. The van der Waals surface area contributed by atoms with Crippen LogP contribution >= 0.6 is 0 Å². The fourth-order valence-electron chi connectivity index (χ4n) is 2.44. The zero-order valence-electron chi connectivity index (χ0n) is 11.0. The molecule has 0 spiro atoms. The van der Waals surface area contributed by atoms with E-state index in [9.17, 15) is 4.79 Å². The predicted molar refractivity (Wildman–Crippen MR) is 67.7 cm³/mol.